The molecule has 4 aliphatic rings. The van der Waals surface area contributed by atoms with Crippen LogP contribution in [0.3, 0.4) is 0 Å². The van der Waals surface area contributed by atoms with E-state index in [1.54, 1.807) is 0 Å². The molecule has 30 heavy (non-hydrogen) atoms. The van der Waals surface area contributed by atoms with Crippen molar-refractivity contribution in [1.29, 1.82) is 0 Å². The van der Waals surface area contributed by atoms with Crippen LogP contribution in [0.1, 0.15) is 78.6 Å². The number of halogens is 6. The highest BCUT2D eigenvalue weighted by Gasteiger charge is 2.62. The summed E-state index contributed by atoms with van der Waals surface area (Å²) in [5.74, 6) is 1.59. The van der Waals surface area contributed by atoms with Gasteiger partial charge in [-0.2, -0.15) is 26.3 Å². The minimum Gasteiger partial charge on any atom is -0.171 e. The molecule has 4 fully saturated rings. The predicted molar refractivity (Wildman–Crippen MR) is 105 cm³/mol. The van der Waals surface area contributed by atoms with Gasteiger partial charge < -0.3 is 0 Å². The van der Waals surface area contributed by atoms with Crippen molar-refractivity contribution in [3.63, 3.8) is 0 Å². The maximum absolute atomic E-state index is 13.3. The van der Waals surface area contributed by atoms with Gasteiger partial charge >= 0.3 is 12.4 Å². The van der Waals surface area contributed by atoms with E-state index in [9.17, 15) is 26.3 Å². The molecule has 174 valence electrons. The molecule has 0 aromatic heterocycles. The monoisotopic (exact) mass is 438 g/mol. The average Bonchev–Trinajstić information content (AvgIpc) is 2.83. The SMILES string of the molecule is C[C@@H]1C(CCC(F)(F)F)C2(C)CCC3C4CCC(C(F)(F)F)CC4CCC3C2[C@@H]1C. The normalized spacial score (nSPS) is 49.3. The van der Waals surface area contributed by atoms with E-state index >= 15 is 0 Å². The van der Waals surface area contributed by atoms with E-state index in [2.05, 4.69) is 20.8 Å². The zero-order valence-electron chi connectivity index (χ0n) is 18.3. The third kappa shape index (κ3) is 3.80. The van der Waals surface area contributed by atoms with Gasteiger partial charge in [-0.05, 0) is 104 Å². The maximum Gasteiger partial charge on any atom is 0.391 e. The van der Waals surface area contributed by atoms with Crippen LogP contribution < -0.4 is 0 Å². The van der Waals surface area contributed by atoms with Crippen molar-refractivity contribution in [2.45, 2.75) is 90.9 Å². The molecule has 10 atom stereocenters. The van der Waals surface area contributed by atoms with Crippen LogP contribution in [0.25, 0.3) is 0 Å². The van der Waals surface area contributed by atoms with Gasteiger partial charge in [-0.15, -0.1) is 0 Å². The van der Waals surface area contributed by atoms with E-state index in [1.165, 1.54) is 0 Å². The molecule has 0 bridgehead atoms. The summed E-state index contributed by atoms with van der Waals surface area (Å²) in [5.41, 5.74) is -0.0543. The summed E-state index contributed by atoms with van der Waals surface area (Å²) >= 11 is 0. The summed E-state index contributed by atoms with van der Waals surface area (Å²) < 4.78 is 78.7. The first kappa shape index (κ1) is 22.8. The Kier molecular flexibility index (Phi) is 5.75. The molecule has 0 N–H and O–H groups in total. The summed E-state index contributed by atoms with van der Waals surface area (Å²) in [6, 6.07) is 0. The Morgan fingerprint density at radius 3 is 2.10 bits per heavy atom. The Balaban J connectivity index is 1.51. The van der Waals surface area contributed by atoms with Crippen LogP contribution in [0, 0.1) is 58.7 Å². The van der Waals surface area contributed by atoms with Gasteiger partial charge in [-0.25, -0.2) is 0 Å². The van der Waals surface area contributed by atoms with Crippen LogP contribution >= 0.6 is 0 Å². The predicted octanol–water partition coefficient (Wildman–Crippen LogP) is 8.27. The standard InChI is InChI=1S/C24H36F6/c1-13-14(2)21-19-6-4-15-12-16(24(28,29)30)5-7-17(15)18(19)8-10-22(21,3)20(13)9-11-23(25,26)27/h13-21H,4-12H2,1-3H3/t13-,14+,15?,16?,17?,18?,19?,20?,21?,22?/m0/s1. The van der Waals surface area contributed by atoms with Gasteiger partial charge in [0.05, 0.1) is 5.92 Å². The van der Waals surface area contributed by atoms with Gasteiger partial charge in [0.25, 0.3) is 0 Å². The van der Waals surface area contributed by atoms with Crippen molar-refractivity contribution >= 4 is 0 Å². The van der Waals surface area contributed by atoms with Crippen LogP contribution in [0.2, 0.25) is 0 Å². The van der Waals surface area contributed by atoms with Crippen LogP contribution in [0.5, 0.6) is 0 Å². The van der Waals surface area contributed by atoms with Gasteiger partial charge in [0.2, 0.25) is 0 Å². The van der Waals surface area contributed by atoms with Crippen molar-refractivity contribution in [3.8, 4) is 0 Å². The largest absolute Gasteiger partial charge is 0.391 e. The van der Waals surface area contributed by atoms with E-state index in [4.69, 9.17) is 0 Å². The molecule has 0 heterocycles. The first-order valence-corrected chi connectivity index (χ1v) is 12.0. The summed E-state index contributed by atoms with van der Waals surface area (Å²) in [4.78, 5) is 0. The fourth-order valence-electron chi connectivity index (χ4n) is 9.05. The summed E-state index contributed by atoms with van der Waals surface area (Å²) in [6.45, 7) is 6.61. The van der Waals surface area contributed by atoms with Crippen LogP contribution in [-0.4, -0.2) is 12.4 Å². The molecule has 0 saturated heterocycles. The lowest BCUT2D eigenvalue weighted by atomic mass is 9.48. The number of hydrogen-bond donors (Lipinski definition) is 0. The lowest BCUT2D eigenvalue weighted by Gasteiger charge is -2.57. The van der Waals surface area contributed by atoms with Crippen molar-refractivity contribution in [2.24, 2.45) is 58.7 Å². The van der Waals surface area contributed by atoms with Crippen LogP contribution in [0.4, 0.5) is 26.3 Å². The third-order valence-corrected chi connectivity index (χ3v) is 10.3. The second-order valence-electron chi connectivity index (χ2n) is 11.4. The van der Waals surface area contributed by atoms with E-state index in [1.807, 2.05) is 0 Å². The highest BCUT2D eigenvalue weighted by Crippen LogP contribution is 2.68. The highest BCUT2D eigenvalue weighted by atomic mass is 19.4. The molecule has 0 amide bonds. The summed E-state index contributed by atoms with van der Waals surface area (Å²) in [5, 5.41) is 0. The minimum absolute atomic E-state index is 0.0543. The molecule has 0 aliphatic heterocycles. The molecule has 8 unspecified atom stereocenters. The summed E-state index contributed by atoms with van der Waals surface area (Å²) in [6.07, 6.45) is -3.64. The second-order valence-corrected chi connectivity index (χ2v) is 11.4. The molecule has 4 aliphatic carbocycles. The van der Waals surface area contributed by atoms with Gasteiger partial charge in [-0.1, -0.05) is 20.8 Å². The van der Waals surface area contributed by atoms with Crippen LogP contribution in [0.15, 0.2) is 0 Å². The molecule has 0 spiro atoms. The first-order chi connectivity index (χ1) is 13.8. The van der Waals surface area contributed by atoms with Crippen molar-refractivity contribution < 1.29 is 26.3 Å². The smallest absolute Gasteiger partial charge is 0.171 e. The molecule has 0 radical (unpaired) electrons. The van der Waals surface area contributed by atoms with Crippen molar-refractivity contribution in [2.75, 3.05) is 0 Å². The second kappa shape index (κ2) is 7.57. The number of rotatable bonds is 2. The molecule has 4 saturated carbocycles. The lowest BCUT2D eigenvalue weighted by molar-refractivity contribution is -0.196. The molecule has 6 heteroatoms. The Labute approximate surface area is 176 Å². The minimum atomic E-state index is -4.11. The number of fused-ring (bicyclic) bond motifs is 5. The average molecular weight is 439 g/mol. The lowest BCUT2D eigenvalue weighted by Crippen LogP contribution is -2.50. The fourth-order valence-corrected chi connectivity index (χ4v) is 9.05. The summed E-state index contributed by atoms with van der Waals surface area (Å²) in [7, 11) is 0. The first-order valence-electron chi connectivity index (χ1n) is 12.0. The van der Waals surface area contributed by atoms with E-state index < -0.39 is 24.7 Å². The third-order valence-electron chi connectivity index (χ3n) is 10.3. The molecule has 0 aromatic carbocycles. The van der Waals surface area contributed by atoms with E-state index in [0.29, 0.717) is 42.4 Å². The van der Waals surface area contributed by atoms with Gasteiger partial charge in [0.15, 0.2) is 0 Å². The quantitative estimate of drug-likeness (QED) is 0.381. The van der Waals surface area contributed by atoms with Crippen molar-refractivity contribution in [3.05, 3.63) is 0 Å². The van der Waals surface area contributed by atoms with Crippen LogP contribution in [-0.2, 0) is 0 Å². The van der Waals surface area contributed by atoms with Gasteiger partial charge in [0, 0.05) is 6.42 Å². The number of alkyl halides is 6. The van der Waals surface area contributed by atoms with Gasteiger partial charge in [0.1, 0.15) is 0 Å². The molecule has 0 nitrogen and oxygen atoms in total. The Hall–Kier alpha value is -0.420. The molecular weight excluding hydrogens is 402 g/mol. The Morgan fingerprint density at radius 1 is 0.800 bits per heavy atom. The highest BCUT2D eigenvalue weighted by molar-refractivity contribution is 5.09. The molecule has 4 rings (SSSR count). The molecule has 0 aromatic rings. The topological polar surface area (TPSA) is 0 Å². The zero-order chi connectivity index (χ0) is 22.1. The maximum atomic E-state index is 13.3. The Bertz CT molecular complexity index is 624. The van der Waals surface area contributed by atoms with Crippen molar-refractivity contribution in [1.82, 2.24) is 0 Å². The van der Waals surface area contributed by atoms with E-state index in [0.717, 1.165) is 25.7 Å². The van der Waals surface area contributed by atoms with Gasteiger partial charge in [-0.3, -0.25) is 0 Å². The zero-order valence-corrected chi connectivity index (χ0v) is 18.3. The number of hydrogen-bond acceptors (Lipinski definition) is 0. The molecular formula is C24H36F6. The fraction of sp³-hybridized carbons (Fsp3) is 1.00. The van der Waals surface area contributed by atoms with E-state index in [-0.39, 0.29) is 36.0 Å². The Morgan fingerprint density at radius 2 is 1.47 bits per heavy atom.